The molecule has 0 aliphatic carbocycles. The Morgan fingerprint density at radius 3 is 3.11 bits per heavy atom. The monoisotopic (exact) mass is 249 g/mol. The van der Waals surface area contributed by atoms with E-state index in [1.54, 1.807) is 6.33 Å². The fourth-order valence-corrected chi connectivity index (χ4v) is 3.46. The van der Waals surface area contributed by atoms with Crippen molar-refractivity contribution in [1.29, 1.82) is 0 Å². The highest BCUT2D eigenvalue weighted by Gasteiger charge is 2.41. The van der Waals surface area contributed by atoms with Crippen LogP contribution in [0.1, 0.15) is 26.1 Å². The second-order valence-electron chi connectivity index (χ2n) is 5.65. The molecule has 1 N–H and O–H groups in total. The van der Waals surface area contributed by atoms with Crippen molar-refractivity contribution >= 4 is 0 Å². The van der Waals surface area contributed by atoms with E-state index in [0.717, 1.165) is 37.2 Å². The van der Waals surface area contributed by atoms with Gasteiger partial charge in [-0.25, -0.2) is 9.67 Å². The summed E-state index contributed by atoms with van der Waals surface area (Å²) >= 11 is 0. The Morgan fingerprint density at radius 1 is 1.44 bits per heavy atom. The van der Waals surface area contributed by atoms with Crippen LogP contribution in [0.3, 0.4) is 0 Å². The van der Waals surface area contributed by atoms with E-state index in [9.17, 15) is 0 Å². The molecular weight excluding hydrogens is 226 g/mol. The van der Waals surface area contributed by atoms with Gasteiger partial charge in [-0.2, -0.15) is 5.10 Å². The van der Waals surface area contributed by atoms with Crippen molar-refractivity contribution in [2.45, 2.75) is 39.4 Å². The third kappa shape index (κ3) is 2.06. The van der Waals surface area contributed by atoms with Crippen LogP contribution in [0.2, 0.25) is 0 Å². The maximum absolute atomic E-state index is 4.42. The fraction of sp³-hybridized carbons (Fsp3) is 0.846. The van der Waals surface area contributed by atoms with Crippen molar-refractivity contribution in [3.05, 3.63) is 12.2 Å². The van der Waals surface area contributed by atoms with Crippen LogP contribution in [0.15, 0.2) is 6.33 Å². The van der Waals surface area contributed by atoms with Gasteiger partial charge in [-0.3, -0.25) is 4.90 Å². The number of rotatable bonds is 4. The number of hydrogen-bond donors (Lipinski definition) is 1. The Hall–Kier alpha value is -0.940. The van der Waals surface area contributed by atoms with Crippen LogP contribution >= 0.6 is 0 Å². The van der Waals surface area contributed by atoms with E-state index in [1.165, 1.54) is 19.6 Å². The lowest BCUT2D eigenvalue weighted by Crippen LogP contribution is -2.33. The number of nitrogens with one attached hydrogen (secondary N) is 1. The van der Waals surface area contributed by atoms with Gasteiger partial charge < -0.3 is 5.32 Å². The lowest BCUT2D eigenvalue weighted by atomic mass is 9.95. The molecule has 0 saturated carbocycles. The third-order valence-electron chi connectivity index (χ3n) is 4.53. The molecule has 0 radical (unpaired) electrons. The zero-order chi connectivity index (χ0) is 12.5. The molecule has 1 aromatic rings. The molecule has 3 rings (SSSR count). The summed E-state index contributed by atoms with van der Waals surface area (Å²) in [5, 5.41) is 7.82. The molecule has 5 nitrogen and oxygen atoms in total. The van der Waals surface area contributed by atoms with E-state index >= 15 is 0 Å². The predicted octanol–water partition coefficient (Wildman–Crippen LogP) is 0.728. The molecule has 0 aromatic carbocycles. The van der Waals surface area contributed by atoms with Crippen LogP contribution < -0.4 is 5.32 Å². The van der Waals surface area contributed by atoms with Crippen LogP contribution in [-0.2, 0) is 13.1 Å². The molecule has 3 atom stereocenters. The molecule has 2 aliphatic heterocycles. The Kier molecular flexibility index (Phi) is 3.35. The van der Waals surface area contributed by atoms with Gasteiger partial charge in [0.2, 0.25) is 0 Å². The first-order valence-electron chi connectivity index (χ1n) is 7.11. The number of hydrogen-bond acceptors (Lipinski definition) is 4. The number of likely N-dealkylation sites (tertiary alicyclic amines) is 1. The number of aryl methyl sites for hydroxylation is 1. The van der Waals surface area contributed by atoms with E-state index < -0.39 is 0 Å². The predicted molar refractivity (Wildman–Crippen MR) is 70.0 cm³/mol. The zero-order valence-electron chi connectivity index (χ0n) is 11.3. The first-order chi connectivity index (χ1) is 8.79. The molecular formula is C13H23N5. The van der Waals surface area contributed by atoms with E-state index in [-0.39, 0.29) is 0 Å². The second kappa shape index (κ2) is 4.97. The molecule has 3 heterocycles. The van der Waals surface area contributed by atoms with E-state index in [0.29, 0.717) is 6.04 Å². The molecule has 0 spiro atoms. The average molecular weight is 249 g/mol. The molecule has 5 heteroatoms. The van der Waals surface area contributed by atoms with Crippen molar-refractivity contribution in [3.8, 4) is 0 Å². The summed E-state index contributed by atoms with van der Waals surface area (Å²) in [5.74, 6) is 2.78. The van der Waals surface area contributed by atoms with Gasteiger partial charge in [0.1, 0.15) is 12.2 Å². The molecule has 0 amide bonds. The fourth-order valence-electron chi connectivity index (χ4n) is 3.46. The summed E-state index contributed by atoms with van der Waals surface area (Å²) in [6.07, 6.45) is 2.80. The van der Waals surface area contributed by atoms with Gasteiger partial charge in [-0.15, -0.1) is 0 Å². The molecule has 2 saturated heterocycles. The highest BCUT2D eigenvalue weighted by Crippen LogP contribution is 2.32. The summed E-state index contributed by atoms with van der Waals surface area (Å²) in [6, 6.07) is 0.664. The van der Waals surface area contributed by atoms with Crippen LogP contribution in [0, 0.1) is 11.8 Å². The van der Waals surface area contributed by atoms with Crippen LogP contribution in [0.5, 0.6) is 0 Å². The Balaban J connectivity index is 1.68. The van der Waals surface area contributed by atoms with Crippen molar-refractivity contribution in [2.24, 2.45) is 11.8 Å². The molecule has 2 aliphatic rings. The number of nitrogens with zero attached hydrogens (tertiary/aromatic N) is 4. The van der Waals surface area contributed by atoms with E-state index in [1.807, 2.05) is 0 Å². The van der Waals surface area contributed by atoms with Gasteiger partial charge in [0.25, 0.3) is 0 Å². The average Bonchev–Trinajstić information content (AvgIpc) is 3.02. The molecule has 2 fully saturated rings. The highest BCUT2D eigenvalue weighted by molar-refractivity contribution is 4.98. The minimum Gasteiger partial charge on any atom is -0.316 e. The number of fused-ring (bicyclic) bond motifs is 1. The summed E-state index contributed by atoms with van der Waals surface area (Å²) in [7, 11) is 0. The SMILES string of the molecule is CCCn1ncnc1CN1CC2CNCC2C1C. The summed E-state index contributed by atoms with van der Waals surface area (Å²) in [4.78, 5) is 7.00. The molecule has 18 heavy (non-hydrogen) atoms. The Labute approximate surface area is 109 Å². The quantitative estimate of drug-likeness (QED) is 0.854. The largest absolute Gasteiger partial charge is 0.316 e. The van der Waals surface area contributed by atoms with Crippen molar-refractivity contribution in [3.63, 3.8) is 0 Å². The third-order valence-corrected chi connectivity index (χ3v) is 4.53. The van der Waals surface area contributed by atoms with Gasteiger partial charge in [0.15, 0.2) is 0 Å². The highest BCUT2D eigenvalue weighted by atomic mass is 15.4. The van der Waals surface area contributed by atoms with Gasteiger partial charge >= 0.3 is 0 Å². The minimum atomic E-state index is 0.664. The minimum absolute atomic E-state index is 0.664. The summed E-state index contributed by atoms with van der Waals surface area (Å²) in [5.41, 5.74) is 0. The normalized spacial score (nSPS) is 32.0. The topological polar surface area (TPSA) is 46.0 Å². The summed E-state index contributed by atoms with van der Waals surface area (Å²) < 4.78 is 2.05. The standard InChI is InChI=1S/C13H23N5/c1-3-4-18-13(15-9-16-18)8-17-7-11-5-14-6-12(11)10(17)2/h9-12,14H,3-8H2,1-2H3. The molecule has 1 aromatic heterocycles. The van der Waals surface area contributed by atoms with Crippen molar-refractivity contribution in [1.82, 2.24) is 25.0 Å². The van der Waals surface area contributed by atoms with Crippen LogP contribution in [0.4, 0.5) is 0 Å². The van der Waals surface area contributed by atoms with E-state index in [4.69, 9.17) is 0 Å². The smallest absolute Gasteiger partial charge is 0.141 e. The molecule has 3 unspecified atom stereocenters. The molecule has 100 valence electrons. The first-order valence-corrected chi connectivity index (χ1v) is 7.11. The van der Waals surface area contributed by atoms with Gasteiger partial charge in [-0.05, 0) is 38.3 Å². The Morgan fingerprint density at radius 2 is 2.33 bits per heavy atom. The zero-order valence-corrected chi connectivity index (χ0v) is 11.3. The van der Waals surface area contributed by atoms with Crippen LogP contribution in [0.25, 0.3) is 0 Å². The van der Waals surface area contributed by atoms with Gasteiger partial charge in [0, 0.05) is 19.1 Å². The van der Waals surface area contributed by atoms with Crippen molar-refractivity contribution < 1.29 is 0 Å². The van der Waals surface area contributed by atoms with Crippen molar-refractivity contribution in [2.75, 3.05) is 19.6 Å². The lowest BCUT2D eigenvalue weighted by Gasteiger charge is -2.23. The first kappa shape index (κ1) is 12.1. The summed E-state index contributed by atoms with van der Waals surface area (Å²) in [6.45, 7) is 10.0. The number of aromatic nitrogens is 3. The second-order valence-corrected chi connectivity index (χ2v) is 5.65. The lowest BCUT2D eigenvalue weighted by molar-refractivity contribution is 0.221. The Bertz CT molecular complexity index is 402. The van der Waals surface area contributed by atoms with E-state index in [2.05, 4.69) is 38.8 Å². The van der Waals surface area contributed by atoms with Crippen LogP contribution in [-0.4, -0.2) is 45.3 Å². The van der Waals surface area contributed by atoms with Gasteiger partial charge in [0.05, 0.1) is 6.54 Å². The molecule has 0 bridgehead atoms. The maximum atomic E-state index is 4.42. The van der Waals surface area contributed by atoms with Gasteiger partial charge in [-0.1, -0.05) is 6.92 Å². The maximum Gasteiger partial charge on any atom is 0.141 e.